The molecular weight excluding hydrogens is 406 g/mol. The van der Waals surface area contributed by atoms with E-state index in [1.54, 1.807) is 0 Å². The Bertz CT molecular complexity index is 658. The number of urea groups is 1. The summed E-state index contributed by atoms with van der Waals surface area (Å²) in [5.74, 6) is 1.47. The van der Waals surface area contributed by atoms with Crippen molar-refractivity contribution in [1.29, 1.82) is 0 Å². The molecule has 174 valence electrons. The number of nitrogens with one attached hydrogen (secondary N) is 1. The second-order valence-corrected chi connectivity index (χ2v) is 11.2. The normalized spacial score (nSPS) is 31.2. The van der Waals surface area contributed by atoms with E-state index in [9.17, 15) is 13.2 Å². The van der Waals surface area contributed by atoms with Gasteiger partial charge in [-0.25, -0.2) is 17.9 Å². The number of likely N-dealkylation sites (tertiary alicyclic amines) is 1. The maximum absolute atomic E-state index is 13.2. The fourth-order valence-corrected chi connectivity index (χ4v) is 5.83. The molecule has 2 heterocycles. The number of amides is 2. The zero-order valence-electron chi connectivity index (χ0n) is 18.7. The van der Waals surface area contributed by atoms with Crippen LogP contribution in [0.1, 0.15) is 52.4 Å². The lowest BCUT2D eigenvalue weighted by Gasteiger charge is -2.44. The highest BCUT2D eigenvalue weighted by Gasteiger charge is 2.38. The molecule has 0 aromatic heterocycles. The SMILES string of the molecule is CC(C)[C@H]1CC[C@@H](OC[C@H]2[C@@H](NS(C)(=O)=O)CCCN2C(=O)N2CCOCC2)CC1. The number of nitrogens with zero attached hydrogens (tertiary/aromatic N) is 2. The summed E-state index contributed by atoms with van der Waals surface area (Å²) in [6.07, 6.45) is 7.30. The topological polar surface area (TPSA) is 88.2 Å². The first-order valence-corrected chi connectivity index (χ1v) is 13.4. The molecule has 0 spiro atoms. The fourth-order valence-electron chi connectivity index (χ4n) is 5.01. The van der Waals surface area contributed by atoms with Crippen LogP contribution in [0.2, 0.25) is 0 Å². The minimum absolute atomic E-state index is 0.0320. The van der Waals surface area contributed by atoms with E-state index >= 15 is 0 Å². The van der Waals surface area contributed by atoms with Gasteiger partial charge in [-0.2, -0.15) is 0 Å². The van der Waals surface area contributed by atoms with Gasteiger partial charge < -0.3 is 19.3 Å². The van der Waals surface area contributed by atoms with Crippen LogP contribution < -0.4 is 4.72 Å². The van der Waals surface area contributed by atoms with Crippen molar-refractivity contribution in [3.8, 4) is 0 Å². The van der Waals surface area contributed by atoms with Crippen molar-refractivity contribution >= 4 is 16.1 Å². The summed E-state index contributed by atoms with van der Waals surface area (Å²) in [5.41, 5.74) is 0. The summed E-state index contributed by atoms with van der Waals surface area (Å²) in [5, 5.41) is 0. The summed E-state index contributed by atoms with van der Waals surface area (Å²) in [7, 11) is -3.37. The predicted molar refractivity (Wildman–Crippen MR) is 116 cm³/mol. The summed E-state index contributed by atoms with van der Waals surface area (Å²) >= 11 is 0. The Labute approximate surface area is 181 Å². The molecule has 3 aliphatic rings. The molecule has 9 heteroatoms. The van der Waals surface area contributed by atoms with Crippen LogP contribution in [0.25, 0.3) is 0 Å². The van der Waals surface area contributed by atoms with Gasteiger partial charge in [-0.1, -0.05) is 13.8 Å². The molecule has 2 aliphatic heterocycles. The van der Waals surface area contributed by atoms with Gasteiger partial charge in [0.1, 0.15) is 0 Å². The summed E-state index contributed by atoms with van der Waals surface area (Å²) in [4.78, 5) is 16.9. The molecule has 0 bridgehead atoms. The second kappa shape index (κ2) is 10.6. The van der Waals surface area contributed by atoms with Crippen molar-refractivity contribution in [2.75, 3.05) is 45.7 Å². The van der Waals surface area contributed by atoms with Gasteiger partial charge in [0.15, 0.2) is 0 Å². The van der Waals surface area contributed by atoms with Gasteiger partial charge in [-0.3, -0.25) is 0 Å². The van der Waals surface area contributed by atoms with Crippen molar-refractivity contribution in [2.24, 2.45) is 11.8 Å². The first kappa shape index (κ1) is 23.8. The Kier molecular flexibility index (Phi) is 8.40. The van der Waals surface area contributed by atoms with Gasteiger partial charge in [0.2, 0.25) is 10.0 Å². The van der Waals surface area contributed by atoms with Crippen LogP contribution in [0.5, 0.6) is 0 Å². The zero-order valence-corrected chi connectivity index (χ0v) is 19.5. The highest BCUT2D eigenvalue weighted by Crippen LogP contribution is 2.32. The fraction of sp³-hybridized carbons (Fsp3) is 0.952. The van der Waals surface area contributed by atoms with E-state index in [-0.39, 0.29) is 24.2 Å². The molecule has 0 aromatic rings. The average molecular weight is 446 g/mol. The summed E-state index contributed by atoms with van der Waals surface area (Å²) in [6, 6.07) is -0.632. The van der Waals surface area contributed by atoms with E-state index in [0.29, 0.717) is 51.8 Å². The Hall–Kier alpha value is -0.900. The van der Waals surface area contributed by atoms with Crippen LogP contribution in [0.15, 0.2) is 0 Å². The number of ether oxygens (including phenoxy) is 2. The Morgan fingerprint density at radius 2 is 1.77 bits per heavy atom. The lowest BCUT2D eigenvalue weighted by atomic mass is 9.80. The van der Waals surface area contributed by atoms with Crippen molar-refractivity contribution in [3.63, 3.8) is 0 Å². The average Bonchev–Trinajstić information content (AvgIpc) is 2.72. The number of hydrogen-bond donors (Lipinski definition) is 1. The van der Waals surface area contributed by atoms with Crippen LogP contribution in [0.4, 0.5) is 4.79 Å². The van der Waals surface area contributed by atoms with Gasteiger partial charge in [0, 0.05) is 25.7 Å². The van der Waals surface area contributed by atoms with Gasteiger partial charge in [-0.05, 0) is 50.4 Å². The highest BCUT2D eigenvalue weighted by molar-refractivity contribution is 7.88. The van der Waals surface area contributed by atoms with Crippen molar-refractivity contribution in [3.05, 3.63) is 0 Å². The maximum atomic E-state index is 13.2. The Balaban J connectivity index is 1.65. The van der Waals surface area contributed by atoms with Gasteiger partial charge >= 0.3 is 6.03 Å². The van der Waals surface area contributed by atoms with Gasteiger partial charge in [0.25, 0.3) is 0 Å². The molecular formula is C21H39N3O5S. The molecule has 1 saturated carbocycles. The van der Waals surface area contributed by atoms with Gasteiger partial charge in [-0.15, -0.1) is 0 Å². The minimum atomic E-state index is -3.37. The highest BCUT2D eigenvalue weighted by atomic mass is 32.2. The predicted octanol–water partition coefficient (Wildman–Crippen LogP) is 2.05. The maximum Gasteiger partial charge on any atom is 0.320 e. The third kappa shape index (κ3) is 6.55. The first-order chi connectivity index (χ1) is 14.2. The third-order valence-electron chi connectivity index (χ3n) is 6.84. The quantitative estimate of drug-likeness (QED) is 0.676. The number of sulfonamides is 1. The number of rotatable bonds is 6. The van der Waals surface area contributed by atoms with Crippen LogP contribution in [-0.2, 0) is 19.5 Å². The van der Waals surface area contributed by atoms with E-state index in [2.05, 4.69) is 18.6 Å². The Morgan fingerprint density at radius 3 is 2.37 bits per heavy atom. The monoisotopic (exact) mass is 445 g/mol. The van der Waals surface area contributed by atoms with E-state index < -0.39 is 10.0 Å². The molecule has 1 N–H and O–H groups in total. The molecule has 2 atom stereocenters. The van der Waals surface area contributed by atoms with E-state index in [0.717, 1.165) is 25.2 Å². The summed E-state index contributed by atoms with van der Waals surface area (Å²) < 4.78 is 38.3. The van der Waals surface area contributed by atoms with Crippen LogP contribution >= 0.6 is 0 Å². The van der Waals surface area contributed by atoms with E-state index in [1.807, 2.05) is 9.80 Å². The Morgan fingerprint density at radius 1 is 1.10 bits per heavy atom. The minimum Gasteiger partial charge on any atom is -0.378 e. The first-order valence-electron chi connectivity index (χ1n) is 11.5. The van der Waals surface area contributed by atoms with Crippen molar-refractivity contribution in [1.82, 2.24) is 14.5 Å². The molecule has 0 radical (unpaired) electrons. The van der Waals surface area contributed by atoms with Crippen LogP contribution in [-0.4, -0.2) is 88.1 Å². The van der Waals surface area contributed by atoms with E-state index in [1.165, 1.54) is 19.1 Å². The van der Waals surface area contributed by atoms with Crippen LogP contribution in [0, 0.1) is 11.8 Å². The molecule has 0 aromatic carbocycles. The van der Waals surface area contributed by atoms with Crippen LogP contribution in [0.3, 0.4) is 0 Å². The molecule has 8 nitrogen and oxygen atoms in total. The standard InChI is InChI=1S/C21H39N3O5S/c1-16(2)17-6-8-18(9-7-17)29-15-20-19(22-30(3,26)27)5-4-10-24(20)21(25)23-11-13-28-14-12-23/h16-20,22H,4-15H2,1-3H3/t17-,18+,19-,20-/m0/s1. The number of hydrogen-bond acceptors (Lipinski definition) is 5. The molecule has 30 heavy (non-hydrogen) atoms. The molecule has 2 amide bonds. The molecule has 0 unspecified atom stereocenters. The smallest absolute Gasteiger partial charge is 0.320 e. The lowest BCUT2D eigenvalue weighted by Crippen LogP contribution is -2.62. The zero-order chi connectivity index (χ0) is 21.7. The number of morpholine rings is 1. The molecule has 3 fully saturated rings. The van der Waals surface area contributed by atoms with E-state index in [4.69, 9.17) is 9.47 Å². The van der Waals surface area contributed by atoms with Gasteiger partial charge in [0.05, 0.1) is 38.2 Å². The molecule has 3 rings (SSSR count). The van der Waals surface area contributed by atoms with Crippen molar-refractivity contribution < 1.29 is 22.7 Å². The lowest BCUT2D eigenvalue weighted by molar-refractivity contribution is -0.0305. The largest absolute Gasteiger partial charge is 0.378 e. The second-order valence-electron chi connectivity index (χ2n) is 9.40. The summed E-state index contributed by atoms with van der Waals surface area (Å²) in [6.45, 7) is 7.82. The number of carbonyl (C=O) groups excluding carboxylic acids is 1. The molecule has 1 aliphatic carbocycles. The number of piperidine rings is 1. The third-order valence-corrected chi connectivity index (χ3v) is 7.57. The molecule has 2 saturated heterocycles. The number of carbonyl (C=O) groups is 1. The van der Waals surface area contributed by atoms with Crippen molar-refractivity contribution in [2.45, 2.75) is 70.6 Å².